The van der Waals surface area contributed by atoms with Gasteiger partial charge >= 0.3 is 5.97 Å². The fraction of sp³-hybridized carbons (Fsp3) is 0.450. The summed E-state index contributed by atoms with van der Waals surface area (Å²) in [5, 5.41) is 0.651. The number of carbonyl (C=O) groups is 2. The fourth-order valence-electron chi connectivity index (χ4n) is 4.05. The van der Waals surface area contributed by atoms with Crippen LogP contribution < -0.4 is 0 Å². The molecule has 3 atom stereocenters. The third kappa shape index (κ3) is 3.54. The molecule has 136 valence electrons. The molecule has 2 saturated carbocycles. The number of ether oxygens (including phenoxy) is 1. The number of benzene rings is 1. The van der Waals surface area contributed by atoms with Crippen molar-refractivity contribution in [3.63, 3.8) is 0 Å². The molecule has 0 radical (unpaired) electrons. The Balaban J connectivity index is 1.35. The van der Waals surface area contributed by atoms with Gasteiger partial charge < -0.3 is 9.15 Å². The van der Waals surface area contributed by atoms with Crippen molar-refractivity contribution in [2.45, 2.75) is 38.7 Å². The van der Waals surface area contributed by atoms with E-state index in [2.05, 4.69) is 4.98 Å². The number of rotatable bonds is 4. The molecule has 0 saturated heterocycles. The molecule has 2 aromatic rings. The van der Waals surface area contributed by atoms with E-state index in [1.165, 1.54) is 0 Å². The van der Waals surface area contributed by atoms with Crippen molar-refractivity contribution < 1.29 is 18.7 Å². The molecule has 0 aliphatic heterocycles. The lowest BCUT2D eigenvalue weighted by Gasteiger charge is -2.36. The number of aromatic nitrogens is 1. The van der Waals surface area contributed by atoms with Gasteiger partial charge in [-0.2, -0.15) is 0 Å². The van der Waals surface area contributed by atoms with Crippen molar-refractivity contribution in [2.75, 3.05) is 0 Å². The van der Waals surface area contributed by atoms with E-state index in [1.807, 2.05) is 12.1 Å². The fourth-order valence-corrected chi connectivity index (χ4v) is 4.17. The monoisotopic (exact) mass is 373 g/mol. The first-order valence-electron chi connectivity index (χ1n) is 9.01. The van der Waals surface area contributed by atoms with Gasteiger partial charge in [-0.3, -0.25) is 9.59 Å². The molecule has 2 aliphatic rings. The molecule has 26 heavy (non-hydrogen) atoms. The molecule has 0 amide bonds. The molecule has 1 unspecified atom stereocenters. The maximum Gasteiger partial charge on any atom is 0.309 e. The molecule has 1 heterocycles. The Hall–Kier alpha value is -2.14. The van der Waals surface area contributed by atoms with Gasteiger partial charge in [0.1, 0.15) is 5.78 Å². The predicted molar refractivity (Wildman–Crippen MR) is 95.3 cm³/mol. The maximum atomic E-state index is 12.4. The van der Waals surface area contributed by atoms with Crippen molar-refractivity contribution in [1.82, 2.24) is 4.98 Å². The third-order valence-corrected chi connectivity index (χ3v) is 5.65. The second-order valence-electron chi connectivity index (χ2n) is 7.13. The van der Waals surface area contributed by atoms with Crippen LogP contribution in [0.2, 0.25) is 5.02 Å². The van der Waals surface area contributed by atoms with Gasteiger partial charge in [0.15, 0.2) is 12.4 Å². The van der Waals surface area contributed by atoms with Gasteiger partial charge in [0.05, 0.1) is 12.1 Å². The first-order chi connectivity index (χ1) is 12.6. The molecule has 0 N–H and O–H groups in total. The van der Waals surface area contributed by atoms with Gasteiger partial charge in [-0.05, 0) is 49.9 Å². The quantitative estimate of drug-likeness (QED) is 0.741. The van der Waals surface area contributed by atoms with Crippen LogP contribution in [0, 0.1) is 17.8 Å². The zero-order valence-corrected chi connectivity index (χ0v) is 15.1. The highest BCUT2D eigenvalue weighted by Crippen LogP contribution is 2.40. The van der Waals surface area contributed by atoms with E-state index in [0.717, 1.165) is 24.8 Å². The highest BCUT2D eigenvalue weighted by Gasteiger charge is 2.41. The van der Waals surface area contributed by atoms with Crippen LogP contribution >= 0.6 is 11.6 Å². The third-order valence-electron chi connectivity index (χ3n) is 5.40. The molecule has 2 fully saturated rings. The number of esters is 1. The van der Waals surface area contributed by atoms with Crippen molar-refractivity contribution in [3.8, 4) is 11.3 Å². The Morgan fingerprint density at radius 2 is 1.88 bits per heavy atom. The summed E-state index contributed by atoms with van der Waals surface area (Å²) in [7, 11) is 0. The summed E-state index contributed by atoms with van der Waals surface area (Å²) in [4.78, 5) is 28.7. The SMILES string of the molecule is O=C(OCc1ncc(-c2ccc(Cl)cc2)o1)C1C[C@H]2CCC[C@@H](C1)C2=O. The number of Topliss-reactive ketones (excluding diaryl/α,β-unsaturated/α-hetero) is 1. The molecular weight excluding hydrogens is 354 g/mol. The lowest BCUT2D eigenvalue weighted by atomic mass is 9.67. The minimum absolute atomic E-state index is 0.00615. The van der Waals surface area contributed by atoms with E-state index in [-0.39, 0.29) is 30.3 Å². The van der Waals surface area contributed by atoms with Gasteiger partial charge in [-0.25, -0.2) is 4.98 Å². The van der Waals surface area contributed by atoms with Crippen LogP contribution in [0.5, 0.6) is 0 Å². The lowest BCUT2D eigenvalue weighted by Crippen LogP contribution is -2.39. The number of carbonyl (C=O) groups excluding carboxylic acids is 2. The normalized spacial score (nSPS) is 25.1. The average Bonchev–Trinajstić information content (AvgIpc) is 3.09. The van der Waals surface area contributed by atoms with Crippen molar-refractivity contribution in [3.05, 3.63) is 41.4 Å². The summed E-state index contributed by atoms with van der Waals surface area (Å²) in [5.74, 6) is 0.951. The molecule has 2 aliphatic carbocycles. The van der Waals surface area contributed by atoms with Gasteiger partial charge in [0, 0.05) is 22.4 Å². The van der Waals surface area contributed by atoms with Crippen molar-refractivity contribution in [2.24, 2.45) is 17.8 Å². The summed E-state index contributed by atoms with van der Waals surface area (Å²) in [6.45, 7) is 0.00615. The molecular formula is C20H20ClNO4. The van der Waals surface area contributed by atoms with Gasteiger partial charge in [0.25, 0.3) is 0 Å². The molecule has 6 heteroatoms. The second kappa shape index (κ2) is 7.23. The number of halogens is 1. The van der Waals surface area contributed by atoms with E-state index in [4.69, 9.17) is 20.8 Å². The smallest absolute Gasteiger partial charge is 0.309 e. The van der Waals surface area contributed by atoms with Crippen LogP contribution in [-0.2, 0) is 20.9 Å². The molecule has 5 nitrogen and oxygen atoms in total. The number of fused-ring (bicyclic) bond motifs is 2. The Morgan fingerprint density at radius 1 is 1.19 bits per heavy atom. The van der Waals surface area contributed by atoms with Crippen molar-refractivity contribution >= 4 is 23.4 Å². The average molecular weight is 374 g/mol. The number of nitrogens with zero attached hydrogens (tertiary/aromatic N) is 1. The highest BCUT2D eigenvalue weighted by atomic mass is 35.5. The molecule has 0 spiro atoms. The zero-order valence-electron chi connectivity index (χ0n) is 14.3. The van der Waals surface area contributed by atoms with E-state index >= 15 is 0 Å². The van der Waals surface area contributed by atoms with E-state index in [9.17, 15) is 9.59 Å². The molecule has 1 aromatic heterocycles. The number of ketones is 1. The largest absolute Gasteiger partial charge is 0.455 e. The second-order valence-corrected chi connectivity index (χ2v) is 7.56. The van der Waals surface area contributed by atoms with Crippen LogP contribution in [-0.4, -0.2) is 16.7 Å². The minimum atomic E-state index is -0.249. The summed E-state index contributed by atoms with van der Waals surface area (Å²) in [6, 6.07) is 7.24. The Labute approximate surface area is 156 Å². The first-order valence-corrected chi connectivity index (χ1v) is 9.39. The van der Waals surface area contributed by atoms with Gasteiger partial charge in [-0.1, -0.05) is 18.0 Å². The Bertz CT molecular complexity index is 797. The van der Waals surface area contributed by atoms with Gasteiger partial charge in [0.2, 0.25) is 5.89 Å². The lowest BCUT2D eigenvalue weighted by molar-refractivity contribution is -0.155. The summed E-state index contributed by atoms with van der Waals surface area (Å²) in [5.41, 5.74) is 0.859. The first kappa shape index (κ1) is 17.3. The van der Waals surface area contributed by atoms with Crippen LogP contribution in [0.1, 0.15) is 38.0 Å². The van der Waals surface area contributed by atoms with E-state index in [0.29, 0.717) is 35.3 Å². The minimum Gasteiger partial charge on any atom is -0.455 e. The van der Waals surface area contributed by atoms with E-state index < -0.39 is 0 Å². The summed E-state index contributed by atoms with van der Waals surface area (Å²) >= 11 is 5.88. The Kier molecular flexibility index (Phi) is 4.81. The maximum absolute atomic E-state index is 12.4. The number of hydrogen-bond donors (Lipinski definition) is 0. The van der Waals surface area contributed by atoms with Crippen LogP contribution in [0.15, 0.2) is 34.9 Å². The van der Waals surface area contributed by atoms with Crippen LogP contribution in [0.3, 0.4) is 0 Å². The van der Waals surface area contributed by atoms with Crippen LogP contribution in [0.4, 0.5) is 0 Å². The predicted octanol–water partition coefficient (Wildman–Crippen LogP) is 4.43. The number of oxazole rings is 1. The van der Waals surface area contributed by atoms with Gasteiger partial charge in [-0.15, -0.1) is 0 Å². The Morgan fingerprint density at radius 3 is 2.58 bits per heavy atom. The standard InChI is InChI=1S/C20H20ClNO4/c21-16-6-4-12(5-7-16)17-10-22-18(26-17)11-25-20(24)15-8-13-2-1-3-14(9-15)19(13)23/h4-7,10,13-15H,1-3,8-9,11H2/t13-,14+,15?. The molecule has 1 aromatic carbocycles. The highest BCUT2D eigenvalue weighted by molar-refractivity contribution is 6.30. The zero-order chi connectivity index (χ0) is 18.1. The van der Waals surface area contributed by atoms with Crippen LogP contribution in [0.25, 0.3) is 11.3 Å². The topological polar surface area (TPSA) is 69.4 Å². The molecule has 2 bridgehead atoms. The van der Waals surface area contributed by atoms with Crippen molar-refractivity contribution in [1.29, 1.82) is 0 Å². The summed E-state index contributed by atoms with van der Waals surface area (Å²) < 4.78 is 11.1. The van der Waals surface area contributed by atoms with E-state index in [1.54, 1.807) is 18.3 Å². The molecule has 4 rings (SSSR count). The summed E-state index contributed by atoms with van der Waals surface area (Å²) in [6.07, 6.45) is 5.75. The number of hydrogen-bond acceptors (Lipinski definition) is 5.